The second kappa shape index (κ2) is 5.67. The Labute approximate surface area is 123 Å². The van der Waals surface area contributed by atoms with Crippen molar-refractivity contribution in [2.75, 3.05) is 7.11 Å². The minimum Gasteiger partial charge on any atom is -0.466 e. The number of esters is 1. The summed E-state index contributed by atoms with van der Waals surface area (Å²) in [6.45, 7) is 0. The molecule has 0 bridgehead atoms. The van der Waals surface area contributed by atoms with Crippen molar-refractivity contribution in [3.63, 3.8) is 0 Å². The van der Waals surface area contributed by atoms with Gasteiger partial charge in [0, 0.05) is 23.3 Å². The number of ether oxygens (including phenoxy) is 1. The number of rotatable bonds is 3. The molecule has 2 aromatic carbocycles. The van der Waals surface area contributed by atoms with Gasteiger partial charge in [0.05, 0.1) is 12.6 Å². The first-order valence-corrected chi connectivity index (χ1v) is 6.70. The van der Waals surface area contributed by atoms with Crippen LogP contribution in [0.1, 0.15) is 5.56 Å². The SMILES string of the molecule is COC(=O)/C=C/c1ccc2c(ccn2-c2ccccc2)c1. The fraction of sp³-hybridized carbons (Fsp3) is 0.0556. The van der Waals surface area contributed by atoms with Crippen molar-refractivity contribution in [3.05, 3.63) is 72.4 Å². The van der Waals surface area contributed by atoms with Crippen LogP contribution in [0.3, 0.4) is 0 Å². The summed E-state index contributed by atoms with van der Waals surface area (Å²) >= 11 is 0. The molecule has 1 heterocycles. The zero-order valence-corrected chi connectivity index (χ0v) is 11.7. The molecular formula is C18H15NO2. The van der Waals surface area contributed by atoms with Crippen LogP contribution >= 0.6 is 0 Å². The van der Waals surface area contributed by atoms with Gasteiger partial charge in [-0.15, -0.1) is 0 Å². The van der Waals surface area contributed by atoms with Crippen LogP contribution < -0.4 is 0 Å². The zero-order valence-electron chi connectivity index (χ0n) is 11.7. The minimum atomic E-state index is -0.350. The Morgan fingerprint density at radius 3 is 2.67 bits per heavy atom. The quantitative estimate of drug-likeness (QED) is 0.538. The van der Waals surface area contributed by atoms with Crippen LogP contribution in [-0.4, -0.2) is 17.6 Å². The standard InChI is InChI=1S/C18H15NO2/c1-21-18(20)10-8-14-7-9-17-15(13-14)11-12-19(17)16-5-3-2-4-6-16/h2-13H,1H3/b10-8+. The smallest absolute Gasteiger partial charge is 0.330 e. The van der Waals surface area contributed by atoms with Crippen molar-refractivity contribution < 1.29 is 9.53 Å². The van der Waals surface area contributed by atoms with E-state index in [0.717, 1.165) is 22.2 Å². The molecule has 0 spiro atoms. The highest BCUT2D eigenvalue weighted by atomic mass is 16.5. The van der Waals surface area contributed by atoms with Gasteiger partial charge < -0.3 is 9.30 Å². The van der Waals surface area contributed by atoms with Crippen molar-refractivity contribution in [3.8, 4) is 5.69 Å². The summed E-state index contributed by atoms with van der Waals surface area (Å²) in [5.41, 5.74) is 3.24. The second-order valence-corrected chi connectivity index (χ2v) is 4.70. The number of hydrogen-bond acceptors (Lipinski definition) is 2. The first-order chi connectivity index (χ1) is 10.3. The highest BCUT2D eigenvalue weighted by Gasteiger charge is 2.03. The topological polar surface area (TPSA) is 31.2 Å². The molecule has 0 aliphatic carbocycles. The van der Waals surface area contributed by atoms with Crippen molar-refractivity contribution >= 4 is 22.9 Å². The van der Waals surface area contributed by atoms with E-state index in [2.05, 4.69) is 33.6 Å². The van der Waals surface area contributed by atoms with E-state index in [9.17, 15) is 4.79 Å². The summed E-state index contributed by atoms with van der Waals surface area (Å²) in [7, 11) is 1.37. The summed E-state index contributed by atoms with van der Waals surface area (Å²) in [5.74, 6) is -0.350. The maximum Gasteiger partial charge on any atom is 0.330 e. The molecule has 0 fully saturated rings. The number of carbonyl (C=O) groups is 1. The number of benzene rings is 2. The third-order valence-corrected chi connectivity index (χ3v) is 3.36. The van der Waals surface area contributed by atoms with Gasteiger partial charge in [0.2, 0.25) is 0 Å². The number of aromatic nitrogens is 1. The van der Waals surface area contributed by atoms with Crippen LogP contribution in [0.25, 0.3) is 22.7 Å². The van der Waals surface area contributed by atoms with Gasteiger partial charge in [0.25, 0.3) is 0 Å². The first kappa shape index (κ1) is 13.2. The lowest BCUT2D eigenvalue weighted by Crippen LogP contribution is -1.93. The fourth-order valence-corrected chi connectivity index (χ4v) is 2.31. The molecule has 3 nitrogen and oxygen atoms in total. The van der Waals surface area contributed by atoms with Gasteiger partial charge in [-0.25, -0.2) is 4.79 Å². The molecule has 0 unspecified atom stereocenters. The Balaban J connectivity index is 1.98. The molecule has 0 atom stereocenters. The van der Waals surface area contributed by atoms with E-state index in [4.69, 9.17) is 0 Å². The van der Waals surface area contributed by atoms with Crippen LogP contribution in [0.15, 0.2) is 66.9 Å². The van der Waals surface area contributed by atoms with E-state index >= 15 is 0 Å². The first-order valence-electron chi connectivity index (χ1n) is 6.70. The number of fused-ring (bicyclic) bond motifs is 1. The number of para-hydroxylation sites is 1. The molecule has 0 aliphatic rings. The number of methoxy groups -OCH3 is 1. The van der Waals surface area contributed by atoms with Gasteiger partial charge in [-0.05, 0) is 42.0 Å². The van der Waals surface area contributed by atoms with E-state index < -0.39 is 0 Å². The summed E-state index contributed by atoms with van der Waals surface area (Å²) in [6, 6.07) is 18.4. The molecule has 0 aliphatic heterocycles. The van der Waals surface area contributed by atoms with Crippen LogP contribution in [0, 0.1) is 0 Å². The summed E-state index contributed by atoms with van der Waals surface area (Å²) < 4.78 is 6.73. The normalized spacial score (nSPS) is 11.1. The van der Waals surface area contributed by atoms with Gasteiger partial charge in [-0.3, -0.25) is 0 Å². The Bertz CT molecular complexity index is 800. The third kappa shape index (κ3) is 2.72. The number of hydrogen-bond donors (Lipinski definition) is 0. The van der Waals surface area contributed by atoms with E-state index in [1.807, 2.05) is 36.5 Å². The maximum atomic E-state index is 11.1. The van der Waals surface area contributed by atoms with Crippen LogP contribution in [0.5, 0.6) is 0 Å². The lowest BCUT2D eigenvalue weighted by Gasteiger charge is -2.05. The predicted octanol–water partition coefficient (Wildman–Crippen LogP) is 3.82. The predicted molar refractivity (Wildman–Crippen MR) is 84.3 cm³/mol. The maximum absolute atomic E-state index is 11.1. The fourth-order valence-electron chi connectivity index (χ4n) is 2.31. The van der Waals surface area contributed by atoms with Gasteiger partial charge in [-0.2, -0.15) is 0 Å². The number of carbonyl (C=O) groups excluding carboxylic acids is 1. The van der Waals surface area contributed by atoms with E-state index in [0.29, 0.717) is 0 Å². The molecule has 104 valence electrons. The molecular weight excluding hydrogens is 262 g/mol. The lowest BCUT2D eigenvalue weighted by atomic mass is 10.1. The largest absolute Gasteiger partial charge is 0.466 e. The van der Waals surface area contributed by atoms with Gasteiger partial charge in [0.15, 0.2) is 0 Å². The Morgan fingerprint density at radius 2 is 1.90 bits per heavy atom. The van der Waals surface area contributed by atoms with Crippen molar-refractivity contribution in [2.24, 2.45) is 0 Å². The Hall–Kier alpha value is -2.81. The van der Waals surface area contributed by atoms with Gasteiger partial charge in [0.1, 0.15) is 0 Å². The van der Waals surface area contributed by atoms with Crippen LogP contribution in [0.4, 0.5) is 0 Å². The molecule has 0 saturated heterocycles. The van der Waals surface area contributed by atoms with Crippen molar-refractivity contribution in [1.29, 1.82) is 0 Å². The molecule has 21 heavy (non-hydrogen) atoms. The molecule has 0 N–H and O–H groups in total. The highest BCUT2D eigenvalue weighted by molar-refractivity contribution is 5.89. The molecule has 0 amide bonds. The molecule has 3 rings (SSSR count). The lowest BCUT2D eigenvalue weighted by molar-refractivity contribution is -0.134. The molecule has 1 aromatic heterocycles. The van der Waals surface area contributed by atoms with E-state index in [-0.39, 0.29) is 5.97 Å². The van der Waals surface area contributed by atoms with Crippen LogP contribution in [-0.2, 0) is 9.53 Å². The molecule has 3 heteroatoms. The zero-order chi connectivity index (χ0) is 14.7. The minimum absolute atomic E-state index is 0.350. The summed E-state index contributed by atoms with van der Waals surface area (Å²) in [5, 5.41) is 1.13. The highest BCUT2D eigenvalue weighted by Crippen LogP contribution is 2.22. The van der Waals surface area contributed by atoms with E-state index in [1.54, 1.807) is 6.08 Å². The monoisotopic (exact) mass is 277 g/mol. The Morgan fingerprint density at radius 1 is 1.10 bits per heavy atom. The average molecular weight is 277 g/mol. The molecule has 0 saturated carbocycles. The summed E-state index contributed by atoms with van der Waals surface area (Å²) in [4.78, 5) is 11.1. The van der Waals surface area contributed by atoms with Crippen molar-refractivity contribution in [2.45, 2.75) is 0 Å². The van der Waals surface area contributed by atoms with Gasteiger partial charge >= 0.3 is 5.97 Å². The van der Waals surface area contributed by atoms with Crippen LogP contribution in [0.2, 0.25) is 0 Å². The second-order valence-electron chi connectivity index (χ2n) is 4.70. The van der Waals surface area contributed by atoms with Crippen molar-refractivity contribution in [1.82, 2.24) is 4.57 Å². The van der Waals surface area contributed by atoms with E-state index in [1.165, 1.54) is 13.2 Å². The Kier molecular flexibility index (Phi) is 3.56. The molecule has 3 aromatic rings. The average Bonchev–Trinajstić information content (AvgIpc) is 2.96. The summed E-state index contributed by atoms with van der Waals surface area (Å²) in [6.07, 6.45) is 5.23. The third-order valence-electron chi connectivity index (χ3n) is 3.36. The van der Waals surface area contributed by atoms with Gasteiger partial charge in [-0.1, -0.05) is 24.3 Å². The molecule has 0 radical (unpaired) electrons. The number of nitrogens with zero attached hydrogens (tertiary/aromatic N) is 1.